The fraction of sp³-hybridized carbons (Fsp3) is 0.526. The van der Waals surface area contributed by atoms with Gasteiger partial charge in [-0.25, -0.2) is 0 Å². The van der Waals surface area contributed by atoms with E-state index in [2.05, 4.69) is 32.2 Å². The Bertz CT molecular complexity index is 660. The van der Waals surface area contributed by atoms with Crippen molar-refractivity contribution in [1.29, 1.82) is 0 Å². The van der Waals surface area contributed by atoms with Crippen LogP contribution in [0.2, 0.25) is 0 Å². The summed E-state index contributed by atoms with van der Waals surface area (Å²) in [7, 11) is 0. The third kappa shape index (κ3) is 3.83. The lowest BCUT2D eigenvalue weighted by Gasteiger charge is -2.25. The molecule has 2 aromatic rings. The smallest absolute Gasteiger partial charge is 0.223 e. The molecule has 0 bridgehead atoms. The highest BCUT2D eigenvalue weighted by Crippen LogP contribution is 2.23. The first kappa shape index (κ1) is 16.7. The van der Waals surface area contributed by atoms with E-state index < -0.39 is 0 Å². The summed E-state index contributed by atoms with van der Waals surface area (Å²) in [6.07, 6.45) is 9.33. The van der Waals surface area contributed by atoms with E-state index in [1.807, 2.05) is 26.2 Å². The number of amides is 1. The number of nitrogens with one attached hydrogen (secondary N) is 1. The van der Waals surface area contributed by atoms with Crippen LogP contribution >= 0.6 is 0 Å². The molecule has 1 aliphatic rings. The Labute approximate surface area is 143 Å². The molecule has 1 N–H and O–H groups in total. The number of rotatable bonds is 6. The van der Waals surface area contributed by atoms with Crippen molar-refractivity contribution in [2.75, 3.05) is 6.54 Å². The van der Waals surface area contributed by atoms with E-state index in [1.54, 1.807) is 0 Å². The van der Waals surface area contributed by atoms with Crippen molar-refractivity contribution < 1.29 is 4.79 Å². The molecule has 1 fully saturated rings. The van der Waals surface area contributed by atoms with Crippen LogP contribution < -0.4 is 0 Å². The molecule has 0 aromatic carbocycles. The Kier molecular flexibility index (Phi) is 5.28. The number of nitrogens with zero attached hydrogens (tertiary/aromatic N) is 3. The minimum Gasteiger partial charge on any atom is -0.340 e. The van der Waals surface area contributed by atoms with E-state index in [9.17, 15) is 4.79 Å². The van der Waals surface area contributed by atoms with Crippen molar-refractivity contribution in [1.82, 2.24) is 20.1 Å². The molecule has 2 aromatic heterocycles. The van der Waals surface area contributed by atoms with Gasteiger partial charge in [0.15, 0.2) is 0 Å². The van der Waals surface area contributed by atoms with Crippen LogP contribution in [0.1, 0.15) is 48.2 Å². The Hall–Kier alpha value is -2.17. The molecule has 0 spiro atoms. The van der Waals surface area contributed by atoms with Gasteiger partial charge in [0.2, 0.25) is 5.91 Å². The number of aromatic amines is 1. The minimum absolute atomic E-state index is 0.284. The van der Waals surface area contributed by atoms with Crippen LogP contribution in [0.5, 0.6) is 0 Å². The first-order chi connectivity index (χ1) is 11.6. The second-order valence-corrected chi connectivity index (χ2v) is 6.69. The number of aromatic nitrogens is 3. The molecule has 24 heavy (non-hydrogen) atoms. The maximum Gasteiger partial charge on any atom is 0.223 e. The normalized spacial score (nSPS) is 17.4. The lowest BCUT2D eigenvalue weighted by atomic mass is 10.0. The Morgan fingerprint density at radius 3 is 2.79 bits per heavy atom. The van der Waals surface area contributed by atoms with Crippen LogP contribution in [-0.2, 0) is 17.6 Å². The summed E-state index contributed by atoms with van der Waals surface area (Å²) < 4.78 is 0. The molecular formula is C19H26N4O. The van der Waals surface area contributed by atoms with Gasteiger partial charge >= 0.3 is 0 Å². The third-order valence-electron chi connectivity index (χ3n) is 5.08. The zero-order valence-electron chi connectivity index (χ0n) is 14.6. The largest absolute Gasteiger partial charge is 0.340 e. The third-order valence-corrected chi connectivity index (χ3v) is 5.08. The topological polar surface area (TPSA) is 61.9 Å². The highest BCUT2D eigenvalue weighted by molar-refractivity contribution is 5.77. The summed E-state index contributed by atoms with van der Waals surface area (Å²) in [4.78, 5) is 18.8. The molecular weight excluding hydrogens is 300 g/mol. The van der Waals surface area contributed by atoms with Crippen molar-refractivity contribution in [3.8, 4) is 0 Å². The standard InChI is InChI=1S/C19H26N4O/c1-14-18(15(2)22-21-14)7-8-19(24)23-13-3-4-17(23)6-5-16-9-11-20-12-10-16/h9-12,17H,3-8,13H2,1-2H3,(H,21,22)/t17-/m0/s1. The molecule has 3 rings (SSSR count). The van der Waals surface area contributed by atoms with Gasteiger partial charge in [0, 0.05) is 37.1 Å². The summed E-state index contributed by atoms with van der Waals surface area (Å²) in [6.45, 7) is 4.92. The summed E-state index contributed by atoms with van der Waals surface area (Å²) in [6, 6.07) is 4.51. The Morgan fingerprint density at radius 2 is 2.08 bits per heavy atom. The molecule has 1 aliphatic heterocycles. The second kappa shape index (κ2) is 7.60. The number of carbonyl (C=O) groups excluding carboxylic acids is 1. The van der Waals surface area contributed by atoms with Crippen molar-refractivity contribution in [3.63, 3.8) is 0 Å². The van der Waals surface area contributed by atoms with Crippen LogP contribution in [0.3, 0.4) is 0 Å². The fourth-order valence-electron chi connectivity index (χ4n) is 3.66. The van der Waals surface area contributed by atoms with E-state index in [1.165, 1.54) is 11.1 Å². The van der Waals surface area contributed by atoms with E-state index in [-0.39, 0.29) is 5.91 Å². The van der Waals surface area contributed by atoms with E-state index >= 15 is 0 Å². The quantitative estimate of drug-likeness (QED) is 0.887. The number of hydrogen-bond donors (Lipinski definition) is 1. The van der Waals surface area contributed by atoms with Crippen molar-refractivity contribution in [3.05, 3.63) is 47.0 Å². The lowest BCUT2D eigenvalue weighted by molar-refractivity contribution is -0.132. The predicted molar refractivity (Wildman–Crippen MR) is 93.7 cm³/mol. The lowest BCUT2D eigenvalue weighted by Crippen LogP contribution is -2.36. The first-order valence-corrected chi connectivity index (χ1v) is 8.84. The second-order valence-electron chi connectivity index (χ2n) is 6.69. The molecule has 5 nitrogen and oxygen atoms in total. The molecule has 0 radical (unpaired) electrons. The van der Waals surface area contributed by atoms with Crippen LogP contribution in [0, 0.1) is 13.8 Å². The van der Waals surface area contributed by atoms with Gasteiger partial charge in [0.25, 0.3) is 0 Å². The number of carbonyl (C=O) groups is 1. The van der Waals surface area contributed by atoms with Gasteiger partial charge in [0.05, 0.1) is 5.69 Å². The molecule has 1 atom stereocenters. The van der Waals surface area contributed by atoms with Gasteiger partial charge in [0.1, 0.15) is 0 Å². The average molecular weight is 326 g/mol. The fourth-order valence-corrected chi connectivity index (χ4v) is 3.66. The monoisotopic (exact) mass is 326 g/mol. The number of pyridine rings is 1. The van der Waals surface area contributed by atoms with Crippen molar-refractivity contribution in [2.24, 2.45) is 0 Å². The van der Waals surface area contributed by atoms with Crippen molar-refractivity contribution >= 4 is 5.91 Å². The maximum atomic E-state index is 12.7. The number of aryl methyl sites for hydroxylation is 3. The van der Waals surface area contributed by atoms with Gasteiger partial charge in [-0.15, -0.1) is 0 Å². The van der Waals surface area contributed by atoms with Gasteiger partial charge in [-0.1, -0.05) is 0 Å². The SMILES string of the molecule is Cc1n[nH]c(C)c1CCC(=O)N1CCC[C@H]1CCc1ccncc1. The molecule has 1 saturated heterocycles. The predicted octanol–water partition coefficient (Wildman–Crippen LogP) is 2.98. The summed E-state index contributed by atoms with van der Waals surface area (Å²) in [5.74, 6) is 0.284. The molecule has 0 unspecified atom stereocenters. The van der Waals surface area contributed by atoms with Gasteiger partial charge in [-0.05, 0) is 69.2 Å². The van der Waals surface area contributed by atoms with Gasteiger partial charge in [-0.3, -0.25) is 14.9 Å². The van der Waals surface area contributed by atoms with E-state index in [0.717, 1.165) is 50.0 Å². The zero-order chi connectivity index (χ0) is 16.9. The number of hydrogen-bond acceptors (Lipinski definition) is 3. The van der Waals surface area contributed by atoms with Crippen LogP contribution in [-0.4, -0.2) is 38.6 Å². The molecule has 3 heterocycles. The molecule has 0 saturated carbocycles. The summed E-state index contributed by atoms with van der Waals surface area (Å²) in [5.41, 5.74) is 4.58. The van der Waals surface area contributed by atoms with Crippen molar-refractivity contribution in [2.45, 2.75) is 58.4 Å². The summed E-state index contributed by atoms with van der Waals surface area (Å²) in [5, 5.41) is 7.21. The van der Waals surface area contributed by atoms with Gasteiger partial charge in [-0.2, -0.15) is 5.10 Å². The first-order valence-electron chi connectivity index (χ1n) is 8.84. The van der Waals surface area contributed by atoms with Gasteiger partial charge < -0.3 is 4.90 Å². The van der Waals surface area contributed by atoms with E-state index in [4.69, 9.17) is 0 Å². The highest BCUT2D eigenvalue weighted by Gasteiger charge is 2.28. The zero-order valence-corrected chi connectivity index (χ0v) is 14.6. The Morgan fingerprint density at radius 1 is 1.29 bits per heavy atom. The summed E-state index contributed by atoms with van der Waals surface area (Å²) >= 11 is 0. The minimum atomic E-state index is 0.284. The van der Waals surface area contributed by atoms with E-state index in [0.29, 0.717) is 12.5 Å². The molecule has 128 valence electrons. The highest BCUT2D eigenvalue weighted by atomic mass is 16.2. The molecule has 1 amide bonds. The Balaban J connectivity index is 1.53. The maximum absolute atomic E-state index is 12.7. The molecule has 0 aliphatic carbocycles. The van der Waals surface area contributed by atoms with Crippen LogP contribution in [0.15, 0.2) is 24.5 Å². The number of H-pyrrole nitrogens is 1. The average Bonchev–Trinajstić information content (AvgIpc) is 3.19. The number of likely N-dealkylation sites (tertiary alicyclic amines) is 1. The molecule has 5 heteroatoms. The van der Waals surface area contributed by atoms with Crippen LogP contribution in [0.25, 0.3) is 0 Å². The van der Waals surface area contributed by atoms with Crippen LogP contribution in [0.4, 0.5) is 0 Å².